The Morgan fingerprint density at radius 3 is 2.47 bits per heavy atom. The predicted molar refractivity (Wildman–Crippen MR) is 77.6 cm³/mol. The summed E-state index contributed by atoms with van der Waals surface area (Å²) in [6.45, 7) is 2.88. The first-order chi connectivity index (χ1) is 9.11. The van der Waals surface area contributed by atoms with E-state index in [0.29, 0.717) is 12.6 Å². The number of hydrogen-bond acceptors (Lipinski definition) is 3. The van der Waals surface area contributed by atoms with Gasteiger partial charge in [-0.15, -0.1) is 0 Å². The number of ether oxygens (including phenoxy) is 1. The fourth-order valence-electron chi connectivity index (χ4n) is 2.76. The zero-order valence-corrected chi connectivity index (χ0v) is 12.0. The van der Waals surface area contributed by atoms with Gasteiger partial charge in [-0.05, 0) is 43.9 Å². The molecule has 0 heterocycles. The first kappa shape index (κ1) is 14.4. The molecule has 106 valence electrons. The van der Waals surface area contributed by atoms with Gasteiger partial charge in [-0.3, -0.25) is 0 Å². The molecule has 0 aromatic heterocycles. The molecule has 2 N–H and O–H groups in total. The molecule has 3 nitrogen and oxygen atoms in total. The summed E-state index contributed by atoms with van der Waals surface area (Å²) in [5.74, 6) is 0.893. The van der Waals surface area contributed by atoms with Crippen LogP contribution in [0.1, 0.15) is 38.2 Å². The van der Waals surface area contributed by atoms with Crippen LogP contribution < -0.4 is 10.1 Å². The Labute approximate surface area is 116 Å². The fraction of sp³-hybridized carbons (Fsp3) is 0.625. The number of rotatable bonds is 6. The van der Waals surface area contributed by atoms with E-state index in [9.17, 15) is 5.11 Å². The topological polar surface area (TPSA) is 41.5 Å². The van der Waals surface area contributed by atoms with Gasteiger partial charge in [0.25, 0.3) is 0 Å². The van der Waals surface area contributed by atoms with E-state index >= 15 is 0 Å². The number of aliphatic hydroxyl groups is 1. The molecule has 1 atom stereocenters. The van der Waals surface area contributed by atoms with Crippen LogP contribution >= 0.6 is 0 Å². The molecule has 1 saturated carbocycles. The summed E-state index contributed by atoms with van der Waals surface area (Å²) >= 11 is 0. The van der Waals surface area contributed by atoms with Crippen molar-refractivity contribution in [2.24, 2.45) is 0 Å². The summed E-state index contributed by atoms with van der Waals surface area (Å²) in [6, 6.07) is 8.56. The monoisotopic (exact) mass is 263 g/mol. The minimum atomic E-state index is -0.464. The number of methoxy groups -OCH3 is 1. The lowest BCUT2D eigenvalue weighted by Crippen LogP contribution is -2.42. The van der Waals surface area contributed by atoms with Crippen molar-refractivity contribution in [3.05, 3.63) is 29.8 Å². The third kappa shape index (κ3) is 4.22. The van der Waals surface area contributed by atoms with Crippen molar-refractivity contribution < 1.29 is 9.84 Å². The van der Waals surface area contributed by atoms with Gasteiger partial charge in [0.2, 0.25) is 0 Å². The van der Waals surface area contributed by atoms with Gasteiger partial charge in [0.05, 0.1) is 12.7 Å². The van der Waals surface area contributed by atoms with Crippen LogP contribution in [0.2, 0.25) is 0 Å². The van der Waals surface area contributed by atoms with E-state index in [1.807, 2.05) is 12.1 Å². The van der Waals surface area contributed by atoms with Gasteiger partial charge in [0.1, 0.15) is 5.75 Å². The maximum absolute atomic E-state index is 10.3. The van der Waals surface area contributed by atoms with Crippen LogP contribution in [0.4, 0.5) is 0 Å². The van der Waals surface area contributed by atoms with Crippen LogP contribution in [-0.2, 0) is 6.42 Å². The molecule has 0 amide bonds. The largest absolute Gasteiger partial charge is 0.497 e. The predicted octanol–water partition coefficient (Wildman–Crippen LogP) is 2.52. The summed E-state index contributed by atoms with van der Waals surface area (Å²) in [7, 11) is 1.68. The molecule has 0 spiro atoms. The van der Waals surface area contributed by atoms with Crippen molar-refractivity contribution in [3.8, 4) is 5.75 Å². The molecule has 0 saturated heterocycles. The average Bonchev–Trinajstić information content (AvgIpc) is 2.85. The minimum Gasteiger partial charge on any atom is -0.497 e. The molecule has 1 aromatic rings. The molecule has 3 heteroatoms. The summed E-state index contributed by atoms with van der Waals surface area (Å²) < 4.78 is 5.15. The van der Waals surface area contributed by atoms with Crippen LogP contribution in [-0.4, -0.2) is 30.4 Å². The summed E-state index contributed by atoms with van der Waals surface area (Å²) in [5, 5.41) is 13.8. The van der Waals surface area contributed by atoms with Gasteiger partial charge in [-0.1, -0.05) is 25.0 Å². The zero-order valence-electron chi connectivity index (χ0n) is 12.0. The van der Waals surface area contributed by atoms with E-state index in [0.717, 1.165) is 37.9 Å². The standard InChI is InChI=1S/C16H25NO2/c1-13(17-12-16(18)9-3-4-10-16)11-14-5-7-15(19-2)8-6-14/h5-8,13,17-18H,3-4,9-12H2,1-2H3. The molecule has 1 aliphatic rings. The molecule has 0 bridgehead atoms. The molecular weight excluding hydrogens is 238 g/mol. The Bertz CT molecular complexity index is 382. The first-order valence-electron chi connectivity index (χ1n) is 7.20. The Kier molecular flexibility index (Phi) is 4.83. The molecule has 0 radical (unpaired) electrons. The smallest absolute Gasteiger partial charge is 0.118 e. The van der Waals surface area contributed by atoms with Crippen LogP contribution in [0.25, 0.3) is 0 Å². The molecule has 1 aromatic carbocycles. The van der Waals surface area contributed by atoms with Crippen LogP contribution in [0.15, 0.2) is 24.3 Å². The highest BCUT2D eigenvalue weighted by Gasteiger charge is 2.30. The highest BCUT2D eigenvalue weighted by molar-refractivity contribution is 5.27. The van der Waals surface area contributed by atoms with Crippen LogP contribution in [0.3, 0.4) is 0 Å². The van der Waals surface area contributed by atoms with Gasteiger partial charge in [0.15, 0.2) is 0 Å². The van der Waals surface area contributed by atoms with Gasteiger partial charge in [-0.25, -0.2) is 0 Å². The van der Waals surface area contributed by atoms with E-state index in [-0.39, 0.29) is 0 Å². The maximum Gasteiger partial charge on any atom is 0.118 e. The molecule has 2 rings (SSSR count). The van der Waals surface area contributed by atoms with Crippen molar-refractivity contribution in [2.75, 3.05) is 13.7 Å². The molecular formula is C16H25NO2. The lowest BCUT2D eigenvalue weighted by atomic mass is 10.0. The van der Waals surface area contributed by atoms with Crippen molar-refractivity contribution >= 4 is 0 Å². The highest BCUT2D eigenvalue weighted by atomic mass is 16.5. The van der Waals surface area contributed by atoms with Crippen LogP contribution in [0.5, 0.6) is 5.75 Å². The van der Waals surface area contributed by atoms with Gasteiger partial charge < -0.3 is 15.2 Å². The average molecular weight is 263 g/mol. The van der Waals surface area contributed by atoms with Crippen molar-refractivity contribution in [1.82, 2.24) is 5.32 Å². The molecule has 1 unspecified atom stereocenters. The van der Waals surface area contributed by atoms with E-state index < -0.39 is 5.60 Å². The van der Waals surface area contributed by atoms with Crippen LogP contribution in [0, 0.1) is 0 Å². The molecule has 1 aliphatic carbocycles. The molecule has 1 fully saturated rings. The minimum absolute atomic E-state index is 0.373. The molecule has 19 heavy (non-hydrogen) atoms. The van der Waals surface area contributed by atoms with Crippen molar-refractivity contribution in [2.45, 2.75) is 50.7 Å². The van der Waals surface area contributed by atoms with Gasteiger partial charge in [0, 0.05) is 12.6 Å². The zero-order chi connectivity index (χ0) is 13.7. The highest BCUT2D eigenvalue weighted by Crippen LogP contribution is 2.28. The summed E-state index contributed by atoms with van der Waals surface area (Å²) in [6.07, 6.45) is 5.17. The normalized spacial score (nSPS) is 19.3. The van der Waals surface area contributed by atoms with Crippen molar-refractivity contribution in [1.29, 1.82) is 0 Å². The Balaban J connectivity index is 1.78. The van der Waals surface area contributed by atoms with E-state index in [2.05, 4.69) is 24.4 Å². The lowest BCUT2D eigenvalue weighted by Gasteiger charge is -2.25. The Hall–Kier alpha value is -1.06. The summed E-state index contributed by atoms with van der Waals surface area (Å²) in [5.41, 5.74) is 0.827. The second-order valence-corrected chi connectivity index (χ2v) is 5.77. The Morgan fingerprint density at radius 1 is 1.26 bits per heavy atom. The maximum atomic E-state index is 10.3. The van der Waals surface area contributed by atoms with Gasteiger partial charge in [-0.2, -0.15) is 0 Å². The SMILES string of the molecule is COc1ccc(CC(C)NCC2(O)CCCC2)cc1. The lowest BCUT2D eigenvalue weighted by molar-refractivity contribution is 0.0454. The number of nitrogens with one attached hydrogen (secondary N) is 1. The Morgan fingerprint density at radius 2 is 1.89 bits per heavy atom. The van der Waals surface area contributed by atoms with E-state index in [1.54, 1.807) is 7.11 Å². The fourth-order valence-corrected chi connectivity index (χ4v) is 2.76. The van der Waals surface area contributed by atoms with E-state index in [4.69, 9.17) is 4.74 Å². The van der Waals surface area contributed by atoms with Gasteiger partial charge >= 0.3 is 0 Å². The number of benzene rings is 1. The number of hydrogen-bond donors (Lipinski definition) is 2. The third-order valence-corrected chi connectivity index (χ3v) is 4.01. The quantitative estimate of drug-likeness (QED) is 0.828. The van der Waals surface area contributed by atoms with Crippen molar-refractivity contribution in [3.63, 3.8) is 0 Å². The first-order valence-corrected chi connectivity index (χ1v) is 7.20. The summed E-state index contributed by atoms with van der Waals surface area (Å²) in [4.78, 5) is 0. The third-order valence-electron chi connectivity index (χ3n) is 4.01. The second kappa shape index (κ2) is 6.40. The second-order valence-electron chi connectivity index (χ2n) is 5.77. The van der Waals surface area contributed by atoms with E-state index in [1.165, 1.54) is 5.56 Å². The molecule has 0 aliphatic heterocycles.